The number of aromatic nitrogens is 3. The number of hydrogen-bond donors (Lipinski definition) is 2. The Kier molecular flexibility index (Phi) is 4.20. The molecule has 19 heavy (non-hydrogen) atoms. The van der Waals surface area contributed by atoms with E-state index >= 15 is 0 Å². The van der Waals surface area contributed by atoms with Gasteiger partial charge in [-0.05, 0) is 28.4 Å². The molecule has 2 aromatic rings. The average molecular weight is 345 g/mol. The minimum absolute atomic E-state index is 0.0851. The Bertz CT molecular complexity index is 669. The number of hydrogen-bond acceptors (Lipinski definition) is 4. The topological polar surface area (TPSA) is 87.7 Å². The van der Waals surface area contributed by atoms with Gasteiger partial charge >= 0.3 is 0 Å². The van der Waals surface area contributed by atoms with Gasteiger partial charge in [0.05, 0.1) is 0 Å². The lowest BCUT2D eigenvalue weighted by Crippen LogP contribution is -2.13. The van der Waals surface area contributed by atoms with Crippen molar-refractivity contribution in [1.29, 1.82) is 0 Å². The molecule has 0 unspecified atom stereocenters. The average Bonchev–Trinajstić information content (AvgIpc) is 2.76. The van der Waals surface area contributed by atoms with Gasteiger partial charge in [-0.2, -0.15) is 5.10 Å². The Morgan fingerprint density at radius 1 is 1.37 bits per heavy atom. The summed E-state index contributed by atoms with van der Waals surface area (Å²) in [7, 11) is -3.66. The fraction of sp³-hybridized carbons (Fsp3) is 0.273. The highest BCUT2D eigenvalue weighted by atomic mass is 79.9. The minimum atomic E-state index is -3.66. The van der Waals surface area contributed by atoms with E-state index in [1.165, 1.54) is 18.5 Å². The number of aromatic amines is 1. The molecule has 0 atom stereocenters. The number of pyridine rings is 1. The summed E-state index contributed by atoms with van der Waals surface area (Å²) in [6.45, 7) is 2.04. The fourth-order valence-corrected chi connectivity index (χ4v) is 3.04. The maximum absolute atomic E-state index is 12.1. The number of nitrogens with zero attached hydrogens (tertiary/aromatic N) is 2. The lowest BCUT2D eigenvalue weighted by atomic mass is 10.2. The van der Waals surface area contributed by atoms with Gasteiger partial charge in [0.2, 0.25) is 0 Å². The van der Waals surface area contributed by atoms with Crippen LogP contribution in [0.1, 0.15) is 19.0 Å². The van der Waals surface area contributed by atoms with Gasteiger partial charge in [-0.15, -0.1) is 0 Å². The molecule has 2 heterocycles. The van der Waals surface area contributed by atoms with Gasteiger partial charge in [-0.3, -0.25) is 14.8 Å². The van der Waals surface area contributed by atoms with Crippen LogP contribution >= 0.6 is 15.9 Å². The summed E-state index contributed by atoms with van der Waals surface area (Å²) in [5.41, 5.74) is 0.896. The van der Waals surface area contributed by atoms with Crippen LogP contribution in [0.4, 0.5) is 5.82 Å². The molecule has 0 radical (unpaired) electrons. The quantitative estimate of drug-likeness (QED) is 0.871. The summed E-state index contributed by atoms with van der Waals surface area (Å²) in [6, 6.07) is 3.17. The number of halogens is 1. The molecule has 0 amide bonds. The highest BCUT2D eigenvalue weighted by Gasteiger charge is 2.16. The molecule has 0 fully saturated rings. The van der Waals surface area contributed by atoms with Gasteiger partial charge in [0.15, 0.2) is 5.82 Å². The van der Waals surface area contributed by atoms with Crippen LogP contribution in [0, 0.1) is 0 Å². The van der Waals surface area contributed by atoms with Crippen molar-refractivity contribution in [1.82, 2.24) is 15.2 Å². The molecule has 6 nitrogen and oxygen atoms in total. The normalized spacial score (nSPS) is 11.5. The van der Waals surface area contributed by atoms with Crippen molar-refractivity contribution in [2.75, 3.05) is 4.72 Å². The number of rotatable bonds is 5. The van der Waals surface area contributed by atoms with Crippen LogP contribution in [-0.4, -0.2) is 23.6 Å². The number of anilines is 1. The lowest BCUT2D eigenvalue weighted by molar-refractivity contribution is 0.600. The van der Waals surface area contributed by atoms with Crippen LogP contribution < -0.4 is 4.72 Å². The fourth-order valence-electron chi connectivity index (χ4n) is 1.55. The Morgan fingerprint density at radius 2 is 2.16 bits per heavy atom. The van der Waals surface area contributed by atoms with E-state index in [1.807, 2.05) is 6.92 Å². The van der Waals surface area contributed by atoms with Gasteiger partial charge in [0, 0.05) is 28.6 Å². The van der Waals surface area contributed by atoms with E-state index in [9.17, 15) is 8.42 Å². The van der Waals surface area contributed by atoms with Crippen molar-refractivity contribution >= 4 is 31.8 Å². The van der Waals surface area contributed by atoms with E-state index in [4.69, 9.17) is 0 Å². The lowest BCUT2D eigenvalue weighted by Gasteiger charge is -2.04. The summed E-state index contributed by atoms with van der Waals surface area (Å²) in [5.74, 6) is 0.281. The maximum atomic E-state index is 12.1. The van der Waals surface area contributed by atoms with E-state index in [2.05, 4.69) is 35.8 Å². The first kappa shape index (κ1) is 14.0. The number of nitrogens with one attached hydrogen (secondary N) is 2. The summed E-state index contributed by atoms with van der Waals surface area (Å²) in [6.07, 6.45) is 4.59. The van der Waals surface area contributed by atoms with E-state index in [-0.39, 0.29) is 10.7 Å². The molecule has 2 N–H and O–H groups in total. The SMILES string of the molecule is CCCc1cc(NS(=O)(=O)c2cncc(Br)c2)n[nH]1. The first-order valence-corrected chi connectivity index (χ1v) is 7.96. The Hall–Kier alpha value is -1.41. The molecular formula is C11H13BrN4O2S. The van der Waals surface area contributed by atoms with E-state index < -0.39 is 10.0 Å². The number of aryl methyl sites for hydroxylation is 1. The van der Waals surface area contributed by atoms with Gasteiger partial charge in [0.25, 0.3) is 10.0 Å². The standard InChI is InChI=1S/C11H13BrN4O2S/c1-2-3-9-5-11(15-14-9)16-19(17,18)10-4-8(12)6-13-7-10/h4-7H,2-3H2,1H3,(H2,14,15,16). The Morgan fingerprint density at radius 3 is 2.84 bits per heavy atom. The van der Waals surface area contributed by atoms with E-state index in [1.54, 1.807) is 6.07 Å². The largest absolute Gasteiger partial charge is 0.280 e. The molecule has 0 saturated carbocycles. The van der Waals surface area contributed by atoms with Crippen molar-refractivity contribution in [2.24, 2.45) is 0 Å². The predicted octanol–water partition coefficient (Wildman–Crippen LogP) is 2.32. The zero-order chi connectivity index (χ0) is 13.9. The number of sulfonamides is 1. The number of H-pyrrole nitrogens is 1. The highest BCUT2D eigenvalue weighted by molar-refractivity contribution is 9.10. The summed E-state index contributed by atoms with van der Waals surface area (Å²) in [5, 5.41) is 6.71. The highest BCUT2D eigenvalue weighted by Crippen LogP contribution is 2.17. The Balaban J connectivity index is 2.21. The minimum Gasteiger partial charge on any atom is -0.280 e. The summed E-state index contributed by atoms with van der Waals surface area (Å²) in [4.78, 5) is 3.92. The zero-order valence-corrected chi connectivity index (χ0v) is 12.6. The van der Waals surface area contributed by atoms with Gasteiger partial charge in [-0.1, -0.05) is 13.3 Å². The second kappa shape index (κ2) is 5.70. The van der Waals surface area contributed by atoms with Gasteiger partial charge in [-0.25, -0.2) is 8.42 Å². The molecule has 0 aliphatic carbocycles. The third kappa shape index (κ3) is 3.54. The summed E-state index contributed by atoms with van der Waals surface area (Å²) >= 11 is 3.19. The first-order chi connectivity index (χ1) is 9.01. The van der Waals surface area contributed by atoms with Crippen LogP contribution in [0.25, 0.3) is 0 Å². The smallest absolute Gasteiger partial charge is 0.264 e. The van der Waals surface area contributed by atoms with Crippen molar-refractivity contribution in [2.45, 2.75) is 24.7 Å². The van der Waals surface area contributed by atoms with Crippen LogP contribution in [0.15, 0.2) is 33.9 Å². The van der Waals surface area contributed by atoms with Crippen LogP contribution in [0.5, 0.6) is 0 Å². The molecule has 2 rings (SSSR count). The molecule has 0 aromatic carbocycles. The molecule has 2 aromatic heterocycles. The molecule has 8 heteroatoms. The van der Waals surface area contributed by atoms with E-state index in [0.29, 0.717) is 4.47 Å². The molecule has 0 aliphatic rings. The monoisotopic (exact) mass is 344 g/mol. The molecule has 102 valence electrons. The summed E-state index contributed by atoms with van der Waals surface area (Å²) < 4.78 is 27.2. The molecule has 0 bridgehead atoms. The first-order valence-electron chi connectivity index (χ1n) is 5.69. The van der Waals surface area contributed by atoms with Crippen molar-refractivity contribution in [3.8, 4) is 0 Å². The van der Waals surface area contributed by atoms with E-state index in [0.717, 1.165) is 18.5 Å². The predicted molar refractivity (Wildman–Crippen MR) is 75.3 cm³/mol. The third-order valence-corrected chi connectivity index (χ3v) is 4.13. The van der Waals surface area contributed by atoms with Gasteiger partial charge in [0.1, 0.15) is 4.90 Å². The van der Waals surface area contributed by atoms with Crippen molar-refractivity contribution in [3.05, 3.63) is 34.7 Å². The second-order valence-electron chi connectivity index (χ2n) is 3.97. The Labute approximate surface area is 119 Å². The molecular weight excluding hydrogens is 332 g/mol. The van der Waals surface area contributed by atoms with Crippen LogP contribution in [0.3, 0.4) is 0 Å². The molecule has 0 aliphatic heterocycles. The maximum Gasteiger partial charge on any atom is 0.264 e. The van der Waals surface area contributed by atoms with Gasteiger partial charge < -0.3 is 0 Å². The van der Waals surface area contributed by atoms with Crippen LogP contribution in [0.2, 0.25) is 0 Å². The van der Waals surface area contributed by atoms with Crippen LogP contribution in [-0.2, 0) is 16.4 Å². The molecule has 0 spiro atoms. The van der Waals surface area contributed by atoms with Crippen molar-refractivity contribution < 1.29 is 8.42 Å². The molecule has 0 saturated heterocycles. The second-order valence-corrected chi connectivity index (χ2v) is 6.57. The zero-order valence-electron chi connectivity index (χ0n) is 10.2. The van der Waals surface area contributed by atoms with Crippen molar-refractivity contribution in [3.63, 3.8) is 0 Å². The third-order valence-electron chi connectivity index (χ3n) is 2.38.